The third-order valence-electron chi connectivity index (χ3n) is 2.61. The Bertz CT molecular complexity index is 450. The normalized spacial score (nSPS) is 11.7. The minimum Gasteiger partial charge on any atom is -0.481 e. The van der Waals surface area contributed by atoms with E-state index in [1.54, 1.807) is 26.1 Å². The fourth-order valence-electron chi connectivity index (χ4n) is 1.46. The van der Waals surface area contributed by atoms with Gasteiger partial charge in [0.2, 0.25) is 0 Å². The van der Waals surface area contributed by atoms with E-state index in [1.165, 1.54) is 0 Å². The van der Waals surface area contributed by atoms with Gasteiger partial charge < -0.3 is 15.7 Å². The Hall–Kier alpha value is -2.18. The molecule has 0 bridgehead atoms. The number of aromatic nitrogens is 2. The SMILES string of the molecule is CCC(CNC(=O)NCc1ccnc(C)n1)C(=O)O. The van der Waals surface area contributed by atoms with Gasteiger partial charge in [-0.1, -0.05) is 6.92 Å². The van der Waals surface area contributed by atoms with E-state index in [9.17, 15) is 9.59 Å². The molecule has 0 spiro atoms. The maximum absolute atomic E-state index is 11.5. The molecular formula is C12H18N4O3. The van der Waals surface area contributed by atoms with Crippen LogP contribution in [0, 0.1) is 12.8 Å². The Morgan fingerprint density at radius 1 is 1.42 bits per heavy atom. The first-order valence-corrected chi connectivity index (χ1v) is 6.06. The van der Waals surface area contributed by atoms with Crippen LogP contribution in [0.1, 0.15) is 24.9 Å². The number of urea groups is 1. The van der Waals surface area contributed by atoms with Crippen molar-refractivity contribution in [3.63, 3.8) is 0 Å². The molecule has 7 heteroatoms. The van der Waals surface area contributed by atoms with Crippen LogP contribution >= 0.6 is 0 Å². The van der Waals surface area contributed by atoms with Crippen molar-refractivity contribution >= 4 is 12.0 Å². The Labute approximate surface area is 111 Å². The van der Waals surface area contributed by atoms with E-state index in [-0.39, 0.29) is 13.1 Å². The van der Waals surface area contributed by atoms with Crippen molar-refractivity contribution in [2.24, 2.45) is 5.92 Å². The van der Waals surface area contributed by atoms with Crippen LogP contribution in [0.25, 0.3) is 0 Å². The summed E-state index contributed by atoms with van der Waals surface area (Å²) in [6.07, 6.45) is 2.09. The largest absolute Gasteiger partial charge is 0.481 e. The van der Waals surface area contributed by atoms with Gasteiger partial charge in [-0.25, -0.2) is 14.8 Å². The molecule has 3 N–H and O–H groups in total. The van der Waals surface area contributed by atoms with Crippen molar-refractivity contribution in [1.29, 1.82) is 0 Å². The number of amides is 2. The number of hydrogen-bond donors (Lipinski definition) is 3. The van der Waals surface area contributed by atoms with E-state index in [1.807, 2.05) is 0 Å². The van der Waals surface area contributed by atoms with Gasteiger partial charge in [0.05, 0.1) is 18.2 Å². The van der Waals surface area contributed by atoms with Crippen molar-refractivity contribution < 1.29 is 14.7 Å². The average molecular weight is 266 g/mol. The van der Waals surface area contributed by atoms with Crippen LogP contribution in [0.2, 0.25) is 0 Å². The zero-order valence-corrected chi connectivity index (χ0v) is 11.0. The predicted molar refractivity (Wildman–Crippen MR) is 68.4 cm³/mol. The van der Waals surface area contributed by atoms with Gasteiger partial charge in [-0.2, -0.15) is 0 Å². The third kappa shape index (κ3) is 5.33. The molecule has 104 valence electrons. The van der Waals surface area contributed by atoms with Gasteiger partial charge in [0.15, 0.2) is 0 Å². The highest BCUT2D eigenvalue weighted by atomic mass is 16.4. The fraction of sp³-hybridized carbons (Fsp3) is 0.500. The average Bonchev–Trinajstić information content (AvgIpc) is 2.37. The number of carbonyl (C=O) groups excluding carboxylic acids is 1. The van der Waals surface area contributed by atoms with Crippen LogP contribution in [0.15, 0.2) is 12.3 Å². The summed E-state index contributed by atoms with van der Waals surface area (Å²) in [5, 5.41) is 14.0. The summed E-state index contributed by atoms with van der Waals surface area (Å²) >= 11 is 0. The standard InChI is InChI=1S/C12H18N4O3/c1-3-9(11(17)18)6-14-12(19)15-7-10-4-5-13-8(2)16-10/h4-5,9H,3,6-7H2,1-2H3,(H,17,18)(H2,14,15,19). The first-order chi connectivity index (χ1) is 9.02. The molecule has 0 saturated heterocycles. The van der Waals surface area contributed by atoms with Crippen LogP contribution in [0.3, 0.4) is 0 Å². The van der Waals surface area contributed by atoms with E-state index >= 15 is 0 Å². The Kier molecular flexibility index (Phi) is 5.72. The molecule has 0 radical (unpaired) electrons. The van der Waals surface area contributed by atoms with Crippen molar-refractivity contribution in [3.8, 4) is 0 Å². The van der Waals surface area contributed by atoms with E-state index in [4.69, 9.17) is 5.11 Å². The minimum absolute atomic E-state index is 0.112. The second-order valence-corrected chi connectivity index (χ2v) is 4.10. The molecular weight excluding hydrogens is 248 g/mol. The first kappa shape index (κ1) is 14.9. The number of rotatable bonds is 6. The van der Waals surface area contributed by atoms with Crippen LogP contribution in [0.5, 0.6) is 0 Å². The number of aryl methyl sites for hydroxylation is 1. The summed E-state index contributed by atoms with van der Waals surface area (Å²) in [5.74, 6) is -0.835. The van der Waals surface area contributed by atoms with Gasteiger partial charge in [-0.3, -0.25) is 4.79 Å². The molecule has 1 aromatic heterocycles. The smallest absolute Gasteiger partial charge is 0.315 e. The molecule has 7 nitrogen and oxygen atoms in total. The van der Waals surface area contributed by atoms with Crippen LogP contribution in [-0.4, -0.2) is 33.6 Å². The quantitative estimate of drug-likeness (QED) is 0.703. The number of carbonyl (C=O) groups is 2. The summed E-state index contributed by atoms with van der Waals surface area (Å²) in [6.45, 7) is 3.92. The maximum Gasteiger partial charge on any atom is 0.315 e. The molecule has 0 aromatic carbocycles. The molecule has 0 aliphatic rings. The highest BCUT2D eigenvalue weighted by Gasteiger charge is 2.15. The lowest BCUT2D eigenvalue weighted by Gasteiger charge is -2.11. The van der Waals surface area contributed by atoms with E-state index < -0.39 is 17.9 Å². The molecule has 1 rings (SSSR count). The van der Waals surface area contributed by atoms with Crippen molar-refractivity contribution in [3.05, 3.63) is 23.8 Å². The monoisotopic (exact) mass is 266 g/mol. The number of hydrogen-bond acceptors (Lipinski definition) is 4. The molecule has 19 heavy (non-hydrogen) atoms. The van der Waals surface area contributed by atoms with Crippen molar-refractivity contribution in [1.82, 2.24) is 20.6 Å². The highest BCUT2D eigenvalue weighted by molar-refractivity contribution is 5.75. The molecule has 1 unspecified atom stereocenters. The molecule has 0 aliphatic heterocycles. The summed E-state index contributed by atoms with van der Waals surface area (Å²) in [5.41, 5.74) is 0.702. The lowest BCUT2D eigenvalue weighted by atomic mass is 10.1. The van der Waals surface area contributed by atoms with Gasteiger partial charge in [0, 0.05) is 12.7 Å². The van der Waals surface area contributed by atoms with Crippen LogP contribution in [0.4, 0.5) is 4.79 Å². The van der Waals surface area contributed by atoms with Crippen LogP contribution in [-0.2, 0) is 11.3 Å². The van der Waals surface area contributed by atoms with Crippen LogP contribution < -0.4 is 10.6 Å². The molecule has 1 aromatic rings. The molecule has 1 atom stereocenters. The Morgan fingerprint density at radius 3 is 2.74 bits per heavy atom. The summed E-state index contributed by atoms with van der Waals surface area (Å²) in [6, 6.07) is 1.30. The molecule has 2 amide bonds. The van der Waals surface area contributed by atoms with E-state index in [0.717, 1.165) is 0 Å². The number of nitrogens with zero attached hydrogens (tertiary/aromatic N) is 2. The summed E-state index contributed by atoms with van der Waals surface area (Å²) in [4.78, 5) is 30.3. The second-order valence-electron chi connectivity index (χ2n) is 4.10. The zero-order valence-electron chi connectivity index (χ0n) is 11.0. The summed E-state index contributed by atoms with van der Waals surface area (Å²) < 4.78 is 0. The van der Waals surface area contributed by atoms with E-state index in [2.05, 4.69) is 20.6 Å². The topological polar surface area (TPSA) is 104 Å². The van der Waals surface area contributed by atoms with Crippen molar-refractivity contribution in [2.75, 3.05) is 6.54 Å². The minimum atomic E-state index is -0.908. The number of carboxylic acid groups (broad SMARTS) is 1. The number of nitrogens with one attached hydrogen (secondary N) is 2. The highest BCUT2D eigenvalue weighted by Crippen LogP contribution is 2.00. The number of carboxylic acids is 1. The molecule has 0 aliphatic carbocycles. The van der Waals surface area contributed by atoms with Gasteiger partial charge in [-0.05, 0) is 19.4 Å². The lowest BCUT2D eigenvalue weighted by Crippen LogP contribution is -2.39. The van der Waals surface area contributed by atoms with Gasteiger partial charge in [-0.15, -0.1) is 0 Å². The predicted octanol–water partition coefficient (Wildman–Crippen LogP) is 0.695. The van der Waals surface area contributed by atoms with E-state index in [0.29, 0.717) is 17.9 Å². The molecule has 0 saturated carbocycles. The second kappa shape index (κ2) is 7.30. The van der Waals surface area contributed by atoms with Gasteiger partial charge in [0.1, 0.15) is 5.82 Å². The third-order valence-corrected chi connectivity index (χ3v) is 2.61. The zero-order chi connectivity index (χ0) is 14.3. The van der Waals surface area contributed by atoms with Crippen molar-refractivity contribution in [2.45, 2.75) is 26.8 Å². The molecule has 1 heterocycles. The fourth-order valence-corrected chi connectivity index (χ4v) is 1.46. The number of aliphatic carboxylic acids is 1. The Balaban J connectivity index is 2.34. The summed E-state index contributed by atoms with van der Waals surface area (Å²) in [7, 11) is 0. The van der Waals surface area contributed by atoms with Gasteiger partial charge in [0.25, 0.3) is 0 Å². The maximum atomic E-state index is 11.5. The van der Waals surface area contributed by atoms with Gasteiger partial charge >= 0.3 is 12.0 Å². The lowest BCUT2D eigenvalue weighted by molar-refractivity contribution is -0.141. The first-order valence-electron chi connectivity index (χ1n) is 6.06. The molecule has 0 fully saturated rings. The Morgan fingerprint density at radius 2 is 2.16 bits per heavy atom.